The van der Waals surface area contributed by atoms with Crippen LogP contribution >= 0.6 is 11.8 Å². The Labute approximate surface area is 222 Å². The molecule has 1 fully saturated rings. The van der Waals surface area contributed by atoms with Crippen LogP contribution in [0.2, 0.25) is 0 Å². The quantitative estimate of drug-likeness (QED) is 0.245. The zero-order valence-corrected chi connectivity index (χ0v) is 22.3. The summed E-state index contributed by atoms with van der Waals surface area (Å²) in [6, 6.07) is 15.5. The number of carboxylic acids is 1. The SMILES string of the molecule is COc1cccc(SCCCN2CC[C@@H](CC[C@@H](O)c3ccnc4ccc(OC)cc34)[C@@H](C(=O)O)C2)c1. The molecular formula is C29H36N2O5S. The lowest BCUT2D eigenvalue weighted by molar-refractivity contribution is -0.146. The summed E-state index contributed by atoms with van der Waals surface area (Å²) in [5.74, 6) is 1.45. The molecule has 37 heavy (non-hydrogen) atoms. The molecule has 1 aliphatic heterocycles. The van der Waals surface area contributed by atoms with Crippen molar-refractivity contribution in [2.45, 2.75) is 36.7 Å². The molecule has 0 aliphatic carbocycles. The van der Waals surface area contributed by atoms with Gasteiger partial charge in [-0.2, -0.15) is 0 Å². The van der Waals surface area contributed by atoms with Crippen LogP contribution < -0.4 is 9.47 Å². The molecular weight excluding hydrogens is 488 g/mol. The number of methoxy groups -OCH3 is 2. The number of fused-ring (bicyclic) bond motifs is 1. The Bertz CT molecular complexity index is 1190. The molecule has 0 amide bonds. The molecule has 1 aliphatic rings. The van der Waals surface area contributed by atoms with E-state index in [2.05, 4.69) is 16.0 Å². The summed E-state index contributed by atoms with van der Waals surface area (Å²) in [7, 11) is 3.29. The first kappa shape index (κ1) is 27.2. The van der Waals surface area contributed by atoms with Gasteiger partial charge in [0.15, 0.2) is 0 Å². The second kappa shape index (κ2) is 13.1. The average molecular weight is 525 g/mol. The lowest BCUT2D eigenvalue weighted by Crippen LogP contribution is -2.44. The maximum absolute atomic E-state index is 12.1. The van der Waals surface area contributed by atoms with E-state index < -0.39 is 18.0 Å². The van der Waals surface area contributed by atoms with Gasteiger partial charge in [-0.15, -0.1) is 11.8 Å². The molecule has 3 aromatic rings. The highest BCUT2D eigenvalue weighted by Crippen LogP contribution is 2.34. The number of likely N-dealkylation sites (tertiary alicyclic amines) is 1. The highest BCUT2D eigenvalue weighted by atomic mass is 32.2. The molecule has 1 aromatic heterocycles. The van der Waals surface area contributed by atoms with E-state index in [1.807, 2.05) is 42.5 Å². The predicted molar refractivity (Wildman–Crippen MR) is 146 cm³/mol. The zero-order chi connectivity index (χ0) is 26.2. The summed E-state index contributed by atoms with van der Waals surface area (Å²) in [5, 5.41) is 21.8. The molecule has 0 spiro atoms. The number of carboxylic acid groups (broad SMARTS) is 1. The van der Waals surface area contributed by atoms with Crippen LogP contribution in [0.15, 0.2) is 59.6 Å². The first-order chi connectivity index (χ1) is 18.0. The van der Waals surface area contributed by atoms with Gasteiger partial charge < -0.3 is 24.6 Å². The second-order valence-corrected chi connectivity index (χ2v) is 10.7. The Morgan fingerprint density at radius 1 is 1.16 bits per heavy atom. The minimum absolute atomic E-state index is 0.0530. The smallest absolute Gasteiger partial charge is 0.308 e. The molecule has 1 saturated heterocycles. The van der Waals surface area contributed by atoms with E-state index in [0.29, 0.717) is 25.1 Å². The standard InChI is InChI=1S/C29H36N2O5S/c1-35-21-5-3-6-23(17-21)37-16-4-14-31-15-12-20(26(19-31)29(33)34)7-10-28(32)24-11-13-30-27-9-8-22(36-2)18-25(24)27/h3,5-6,8-9,11,13,17-18,20,26,28,32H,4,7,10,12,14-16,19H2,1-2H3,(H,33,34)/t20-,26+,28-/m1/s1. The van der Waals surface area contributed by atoms with E-state index in [4.69, 9.17) is 9.47 Å². The van der Waals surface area contributed by atoms with E-state index in [0.717, 1.165) is 53.9 Å². The molecule has 2 heterocycles. The van der Waals surface area contributed by atoms with Crippen molar-refractivity contribution < 1.29 is 24.5 Å². The molecule has 0 unspecified atom stereocenters. The van der Waals surface area contributed by atoms with E-state index in [1.54, 1.807) is 32.2 Å². The fourth-order valence-corrected chi connectivity index (χ4v) is 6.04. The molecule has 7 nitrogen and oxygen atoms in total. The number of piperidine rings is 1. The van der Waals surface area contributed by atoms with Crippen molar-refractivity contribution in [2.75, 3.05) is 39.6 Å². The van der Waals surface area contributed by atoms with E-state index in [9.17, 15) is 15.0 Å². The van der Waals surface area contributed by atoms with Gasteiger partial charge in [-0.25, -0.2) is 0 Å². The van der Waals surface area contributed by atoms with Crippen molar-refractivity contribution >= 4 is 28.6 Å². The van der Waals surface area contributed by atoms with Gasteiger partial charge in [0, 0.05) is 23.0 Å². The number of hydrogen-bond donors (Lipinski definition) is 2. The maximum Gasteiger partial charge on any atom is 0.308 e. The van der Waals surface area contributed by atoms with Crippen molar-refractivity contribution in [3.8, 4) is 11.5 Å². The Kier molecular flexibility index (Phi) is 9.66. The molecule has 0 bridgehead atoms. The van der Waals surface area contributed by atoms with Crippen LogP contribution in [0.25, 0.3) is 10.9 Å². The third-order valence-corrected chi connectivity index (χ3v) is 8.32. The molecule has 8 heteroatoms. The lowest BCUT2D eigenvalue weighted by Gasteiger charge is -2.37. The van der Waals surface area contributed by atoms with Crippen LogP contribution in [0.5, 0.6) is 11.5 Å². The van der Waals surface area contributed by atoms with E-state index >= 15 is 0 Å². The average Bonchev–Trinajstić information content (AvgIpc) is 2.93. The molecule has 4 rings (SSSR count). The number of pyridine rings is 1. The van der Waals surface area contributed by atoms with Gasteiger partial charge in [0.2, 0.25) is 0 Å². The molecule has 2 N–H and O–H groups in total. The minimum atomic E-state index is -0.742. The summed E-state index contributed by atoms with van der Waals surface area (Å²) >= 11 is 1.80. The van der Waals surface area contributed by atoms with Gasteiger partial charge >= 0.3 is 5.97 Å². The number of nitrogens with zero attached hydrogens (tertiary/aromatic N) is 2. The predicted octanol–water partition coefficient (Wildman–Crippen LogP) is 5.27. The Morgan fingerprint density at radius 2 is 1.97 bits per heavy atom. The third kappa shape index (κ3) is 7.15. The fraction of sp³-hybridized carbons (Fsp3) is 0.448. The van der Waals surface area contributed by atoms with Crippen LogP contribution in [0.4, 0.5) is 0 Å². The number of carbonyl (C=O) groups is 1. The second-order valence-electron chi connectivity index (χ2n) is 9.55. The largest absolute Gasteiger partial charge is 0.497 e. The number of rotatable bonds is 12. The number of thioether (sulfide) groups is 1. The van der Waals surface area contributed by atoms with Gasteiger partial charge in [-0.1, -0.05) is 6.07 Å². The number of aliphatic carboxylic acids is 1. The van der Waals surface area contributed by atoms with Crippen molar-refractivity contribution in [2.24, 2.45) is 11.8 Å². The van der Waals surface area contributed by atoms with Gasteiger partial charge in [-0.05, 0) is 98.5 Å². The molecule has 0 radical (unpaired) electrons. The van der Waals surface area contributed by atoms with Crippen LogP contribution in [0.3, 0.4) is 0 Å². The third-order valence-electron chi connectivity index (χ3n) is 7.24. The summed E-state index contributed by atoms with van der Waals surface area (Å²) < 4.78 is 10.6. The first-order valence-electron chi connectivity index (χ1n) is 12.8. The van der Waals surface area contributed by atoms with E-state index in [-0.39, 0.29) is 5.92 Å². The van der Waals surface area contributed by atoms with Crippen LogP contribution in [-0.2, 0) is 4.79 Å². The number of aromatic nitrogens is 1. The zero-order valence-electron chi connectivity index (χ0n) is 21.5. The van der Waals surface area contributed by atoms with Crippen molar-refractivity contribution in [1.29, 1.82) is 0 Å². The summed E-state index contributed by atoms with van der Waals surface area (Å²) in [6.07, 6.45) is 4.04. The molecule has 0 saturated carbocycles. The Balaban J connectivity index is 1.28. The van der Waals surface area contributed by atoms with Crippen LogP contribution in [0, 0.1) is 11.8 Å². The summed E-state index contributed by atoms with van der Waals surface area (Å²) in [6.45, 7) is 2.35. The van der Waals surface area contributed by atoms with Crippen molar-refractivity contribution in [1.82, 2.24) is 9.88 Å². The monoisotopic (exact) mass is 524 g/mol. The number of benzene rings is 2. The molecule has 3 atom stereocenters. The normalized spacial score (nSPS) is 19.0. The Morgan fingerprint density at radius 3 is 2.76 bits per heavy atom. The fourth-order valence-electron chi connectivity index (χ4n) is 5.16. The number of aliphatic hydroxyl groups is 1. The number of aliphatic hydroxyl groups excluding tert-OH is 1. The molecule has 198 valence electrons. The minimum Gasteiger partial charge on any atom is -0.497 e. The first-order valence-corrected chi connectivity index (χ1v) is 13.8. The summed E-state index contributed by atoms with van der Waals surface area (Å²) in [4.78, 5) is 20.0. The van der Waals surface area contributed by atoms with Crippen LogP contribution in [-0.4, -0.2) is 65.7 Å². The lowest BCUT2D eigenvalue weighted by atomic mass is 9.81. The van der Waals surface area contributed by atoms with Crippen molar-refractivity contribution in [3.63, 3.8) is 0 Å². The topological polar surface area (TPSA) is 92.1 Å². The highest BCUT2D eigenvalue weighted by Gasteiger charge is 2.34. The number of hydrogen-bond acceptors (Lipinski definition) is 7. The van der Waals surface area contributed by atoms with Gasteiger partial charge in [0.25, 0.3) is 0 Å². The van der Waals surface area contributed by atoms with E-state index in [1.165, 1.54) is 4.90 Å². The molecule has 2 aromatic carbocycles. The van der Waals surface area contributed by atoms with Crippen molar-refractivity contribution in [3.05, 3.63) is 60.3 Å². The Hall–Kier alpha value is -2.81. The van der Waals surface area contributed by atoms with Gasteiger partial charge in [0.05, 0.1) is 31.8 Å². The number of ether oxygens (including phenoxy) is 2. The van der Waals surface area contributed by atoms with Crippen LogP contribution in [0.1, 0.15) is 37.4 Å². The summed E-state index contributed by atoms with van der Waals surface area (Å²) in [5.41, 5.74) is 1.61. The maximum atomic E-state index is 12.1. The highest BCUT2D eigenvalue weighted by molar-refractivity contribution is 7.99. The van der Waals surface area contributed by atoms with Gasteiger partial charge in [0.1, 0.15) is 11.5 Å². The van der Waals surface area contributed by atoms with Gasteiger partial charge in [-0.3, -0.25) is 9.78 Å².